The zero-order valence-electron chi connectivity index (χ0n) is 17.8. The predicted molar refractivity (Wildman–Crippen MR) is 121 cm³/mol. The number of rotatable bonds is 4. The standard InChI is InChI=1S/C22H19Cl2F2N5O3/c23-14-7-12(25)8-15(26)20(14)34-21-13-4-5-30(10-16(13)27-11-28-21)17-9-29-31(22(32)19(17)24)18-3-1-2-6-33-18/h7-9,11,18H,1-6,10H2. The van der Waals surface area contributed by atoms with E-state index in [1.54, 1.807) is 6.20 Å². The third kappa shape index (κ3) is 4.33. The van der Waals surface area contributed by atoms with E-state index in [1.807, 2.05) is 4.90 Å². The predicted octanol–water partition coefficient (Wildman–Crippen LogP) is 4.67. The first-order chi connectivity index (χ1) is 16.4. The Balaban J connectivity index is 1.40. The maximum absolute atomic E-state index is 14.2. The van der Waals surface area contributed by atoms with Gasteiger partial charge in [-0.25, -0.2) is 18.7 Å². The quantitative estimate of drug-likeness (QED) is 0.505. The molecule has 2 aromatic heterocycles. The van der Waals surface area contributed by atoms with Crippen molar-refractivity contribution in [3.8, 4) is 11.6 Å². The van der Waals surface area contributed by atoms with Gasteiger partial charge < -0.3 is 14.4 Å². The van der Waals surface area contributed by atoms with E-state index in [1.165, 1.54) is 11.0 Å². The van der Waals surface area contributed by atoms with Crippen LogP contribution in [0.15, 0.2) is 29.5 Å². The van der Waals surface area contributed by atoms with Crippen LogP contribution in [0, 0.1) is 11.6 Å². The van der Waals surface area contributed by atoms with Crippen molar-refractivity contribution in [3.05, 3.63) is 67.9 Å². The topological polar surface area (TPSA) is 82.4 Å². The van der Waals surface area contributed by atoms with Crippen LogP contribution in [0.4, 0.5) is 14.5 Å². The molecule has 1 unspecified atom stereocenters. The number of anilines is 1. The molecule has 0 spiro atoms. The van der Waals surface area contributed by atoms with Crippen molar-refractivity contribution in [2.24, 2.45) is 0 Å². The summed E-state index contributed by atoms with van der Waals surface area (Å²) in [4.78, 5) is 23.2. The van der Waals surface area contributed by atoms with Gasteiger partial charge in [0.05, 0.1) is 29.1 Å². The second-order valence-electron chi connectivity index (χ2n) is 7.99. The molecule has 0 aliphatic carbocycles. The molecule has 0 bridgehead atoms. The van der Waals surface area contributed by atoms with E-state index in [9.17, 15) is 13.6 Å². The van der Waals surface area contributed by atoms with Crippen LogP contribution in [0.25, 0.3) is 0 Å². The molecule has 0 radical (unpaired) electrons. The summed E-state index contributed by atoms with van der Waals surface area (Å²) in [5, 5.41) is 4.15. The molecule has 1 fully saturated rings. The van der Waals surface area contributed by atoms with Crippen molar-refractivity contribution in [3.63, 3.8) is 0 Å². The molecule has 178 valence electrons. The molecule has 8 nitrogen and oxygen atoms in total. The van der Waals surface area contributed by atoms with Crippen LogP contribution in [-0.4, -0.2) is 32.9 Å². The molecule has 0 N–H and O–H groups in total. The summed E-state index contributed by atoms with van der Waals surface area (Å²) in [7, 11) is 0. The molecular weight excluding hydrogens is 491 g/mol. The average molecular weight is 510 g/mol. The summed E-state index contributed by atoms with van der Waals surface area (Å²) < 4.78 is 40.1. The smallest absolute Gasteiger partial charge is 0.290 e. The van der Waals surface area contributed by atoms with Crippen molar-refractivity contribution in [1.82, 2.24) is 19.7 Å². The molecule has 34 heavy (non-hydrogen) atoms. The third-order valence-corrected chi connectivity index (χ3v) is 6.46. The van der Waals surface area contributed by atoms with Gasteiger partial charge in [0.2, 0.25) is 5.88 Å². The summed E-state index contributed by atoms with van der Waals surface area (Å²) in [6.45, 7) is 1.35. The lowest BCUT2D eigenvalue weighted by molar-refractivity contribution is -0.0424. The monoisotopic (exact) mass is 509 g/mol. The van der Waals surface area contributed by atoms with Crippen molar-refractivity contribution >= 4 is 28.9 Å². The highest BCUT2D eigenvalue weighted by molar-refractivity contribution is 6.33. The minimum atomic E-state index is -0.935. The van der Waals surface area contributed by atoms with Crippen LogP contribution in [0.5, 0.6) is 11.6 Å². The number of ether oxygens (including phenoxy) is 2. The zero-order valence-corrected chi connectivity index (χ0v) is 19.3. The van der Waals surface area contributed by atoms with E-state index in [-0.39, 0.29) is 21.7 Å². The van der Waals surface area contributed by atoms with E-state index in [0.29, 0.717) is 55.5 Å². The van der Waals surface area contributed by atoms with Crippen molar-refractivity contribution < 1.29 is 18.3 Å². The summed E-state index contributed by atoms with van der Waals surface area (Å²) in [6, 6.07) is 1.65. The summed E-state index contributed by atoms with van der Waals surface area (Å²) >= 11 is 12.4. The first-order valence-electron chi connectivity index (χ1n) is 10.7. The first-order valence-corrected chi connectivity index (χ1v) is 11.5. The number of fused-ring (bicyclic) bond motifs is 1. The lowest BCUT2D eigenvalue weighted by atomic mass is 10.1. The van der Waals surface area contributed by atoms with Crippen LogP contribution < -0.4 is 15.2 Å². The molecule has 1 atom stereocenters. The molecule has 2 aliphatic heterocycles. The number of aromatic nitrogens is 4. The molecule has 4 heterocycles. The van der Waals surface area contributed by atoms with Gasteiger partial charge >= 0.3 is 0 Å². The molecule has 0 saturated carbocycles. The van der Waals surface area contributed by atoms with Crippen molar-refractivity contribution in [1.29, 1.82) is 0 Å². The summed E-state index contributed by atoms with van der Waals surface area (Å²) in [5.74, 6) is -1.92. The second kappa shape index (κ2) is 9.44. The maximum Gasteiger partial charge on any atom is 0.290 e. The second-order valence-corrected chi connectivity index (χ2v) is 8.78. The highest BCUT2D eigenvalue weighted by Crippen LogP contribution is 2.36. The van der Waals surface area contributed by atoms with Crippen LogP contribution in [0.3, 0.4) is 0 Å². The summed E-state index contributed by atoms with van der Waals surface area (Å²) in [5.41, 5.74) is 1.35. The molecule has 1 saturated heterocycles. The lowest BCUT2D eigenvalue weighted by Crippen LogP contribution is -2.36. The Labute approximate surface area is 203 Å². The van der Waals surface area contributed by atoms with Gasteiger partial charge in [0.1, 0.15) is 17.2 Å². The number of halogens is 4. The van der Waals surface area contributed by atoms with Gasteiger partial charge in [-0.3, -0.25) is 4.79 Å². The van der Waals surface area contributed by atoms with Gasteiger partial charge in [-0.1, -0.05) is 23.2 Å². The van der Waals surface area contributed by atoms with E-state index >= 15 is 0 Å². The van der Waals surface area contributed by atoms with Gasteiger partial charge in [-0.2, -0.15) is 9.78 Å². The van der Waals surface area contributed by atoms with E-state index < -0.39 is 23.4 Å². The van der Waals surface area contributed by atoms with E-state index in [2.05, 4.69) is 15.1 Å². The number of nitrogens with zero attached hydrogens (tertiary/aromatic N) is 5. The van der Waals surface area contributed by atoms with Crippen LogP contribution >= 0.6 is 23.2 Å². The van der Waals surface area contributed by atoms with E-state index in [4.69, 9.17) is 32.7 Å². The van der Waals surface area contributed by atoms with Gasteiger partial charge in [-0.05, 0) is 31.7 Å². The Morgan fingerprint density at radius 1 is 1.18 bits per heavy atom. The minimum absolute atomic E-state index is 0.0540. The maximum atomic E-state index is 14.2. The van der Waals surface area contributed by atoms with Gasteiger partial charge in [-0.15, -0.1) is 0 Å². The van der Waals surface area contributed by atoms with Crippen molar-refractivity contribution in [2.75, 3.05) is 18.1 Å². The Morgan fingerprint density at radius 2 is 2.03 bits per heavy atom. The third-order valence-electron chi connectivity index (χ3n) is 5.82. The SMILES string of the molecule is O=c1c(Cl)c(N2CCc3c(ncnc3Oc3c(F)cc(F)cc3Cl)C2)cnn1C1CCCCO1. The number of hydrogen-bond acceptors (Lipinski definition) is 7. The average Bonchev–Trinajstić information content (AvgIpc) is 2.83. The van der Waals surface area contributed by atoms with Gasteiger partial charge in [0, 0.05) is 24.8 Å². The Morgan fingerprint density at radius 3 is 2.79 bits per heavy atom. The largest absolute Gasteiger partial charge is 0.434 e. The van der Waals surface area contributed by atoms with Crippen LogP contribution in [0.2, 0.25) is 10.0 Å². The fraction of sp³-hybridized carbons (Fsp3) is 0.364. The molecule has 3 aromatic rings. The Hall–Kier alpha value is -2.82. The minimum Gasteiger partial charge on any atom is -0.434 e. The molecule has 12 heteroatoms. The fourth-order valence-electron chi connectivity index (χ4n) is 4.12. The van der Waals surface area contributed by atoms with Gasteiger partial charge in [0.25, 0.3) is 5.56 Å². The van der Waals surface area contributed by atoms with Crippen molar-refractivity contribution in [2.45, 2.75) is 38.5 Å². The van der Waals surface area contributed by atoms with E-state index in [0.717, 1.165) is 18.9 Å². The fourth-order valence-corrected chi connectivity index (χ4v) is 4.61. The Bertz CT molecular complexity index is 1280. The number of benzene rings is 1. The zero-order chi connectivity index (χ0) is 23.8. The van der Waals surface area contributed by atoms with Crippen LogP contribution in [0.1, 0.15) is 36.7 Å². The highest BCUT2D eigenvalue weighted by Gasteiger charge is 2.27. The molecule has 2 aliphatic rings. The Kier molecular flexibility index (Phi) is 6.37. The van der Waals surface area contributed by atoms with Crippen LogP contribution in [-0.2, 0) is 17.7 Å². The highest BCUT2D eigenvalue weighted by atomic mass is 35.5. The molecule has 5 rings (SSSR count). The normalized spacial score (nSPS) is 18.0. The molecule has 1 aromatic carbocycles. The first kappa shape index (κ1) is 22.9. The summed E-state index contributed by atoms with van der Waals surface area (Å²) in [6.07, 6.45) is 5.47. The molecule has 0 amide bonds. The number of hydrogen-bond donors (Lipinski definition) is 0. The van der Waals surface area contributed by atoms with Gasteiger partial charge in [0.15, 0.2) is 17.8 Å². The lowest BCUT2D eigenvalue weighted by Gasteiger charge is -2.31. The molecular formula is C22H19Cl2F2N5O3.